The number of aliphatic imine (C=N–C) groups is 1. The molecule has 0 bridgehead atoms. The third-order valence-electron chi connectivity index (χ3n) is 4.33. The number of hydrogen-bond donors (Lipinski definition) is 1. The van der Waals surface area contributed by atoms with Gasteiger partial charge in [-0.05, 0) is 19.1 Å². The summed E-state index contributed by atoms with van der Waals surface area (Å²) in [4.78, 5) is 16.0. The molecule has 22 heavy (non-hydrogen) atoms. The molecular formula is C15H17ClN4OS. The van der Waals surface area contributed by atoms with Crippen LogP contribution in [0.3, 0.4) is 0 Å². The molecule has 1 atom stereocenters. The lowest BCUT2D eigenvalue weighted by molar-refractivity contribution is -0.117. The SMILES string of the molecule is CSC1=C(C#N)C2(CCCCC2)C(C#N)C(NC(=O)CCl)=N1. The van der Waals surface area contributed by atoms with Gasteiger partial charge in [-0.2, -0.15) is 10.5 Å². The van der Waals surface area contributed by atoms with Crippen LogP contribution in [-0.2, 0) is 4.79 Å². The van der Waals surface area contributed by atoms with Crippen LogP contribution < -0.4 is 5.32 Å². The van der Waals surface area contributed by atoms with E-state index in [2.05, 4.69) is 22.4 Å². The summed E-state index contributed by atoms with van der Waals surface area (Å²) in [6, 6.07) is 4.55. The number of allylic oxidation sites excluding steroid dienone is 1. The molecule has 0 aromatic heterocycles. The van der Waals surface area contributed by atoms with E-state index in [0.717, 1.165) is 32.1 Å². The van der Waals surface area contributed by atoms with E-state index in [1.165, 1.54) is 11.8 Å². The van der Waals surface area contributed by atoms with Gasteiger partial charge in [0.1, 0.15) is 22.7 Å². The molecule has 2 rings (SSSR count). The summed E-state index contributed by atoms with van der Waals surface area (Å²) in [6.45, 7) is 0. The molecule has 1 aliphatic heterocycles. The molecule has 116 valence electrons. The van der Waals surface area contributed by atoms with Crippen LogP contribution in [0.1, 0.15) is 32.1 Å². The summed E-state index contributed by atoms with van der Waals surface area (Å²) >= 11 is 6.92. The second-order valence-electron chi connectivity index (χ2n) is 5.45. The first-order valence-corrected chi connectivity index (χ1v) is 8.91. The summed E-state index contributed by atoms with van der Waals surface area (Å²) in [6.07, 6.45) is 6.44. The lowest BCUT2D eigenvalue weighted by atomic mass is 9.61. The lowest BCUT2D eigenvalue weighted by Crippen LogP contribution is -2.48. The van der Waals surface area contributed by atoms with Gasteiger partial charge in [0.15, 0.2) is 0 Å². The van der Waals surface area contributed by atoms with Crippen molar-refractivity contribution in [3.05, 3.63) is 10.6 Å². The highest BCUT2D eigenvalue weighted by Crippen LogP contribution is 2.52. The van der Waals surface area contributed by atoms with Gasteiger partial charge >= 0.3 is 0 Å². The fourth-order valence-electron chi connectivity index (χ4n) is 3.34. The maximum Gasteiger partial charge on any atom is 0.240 e. The smallest absolute Gasteiger partial charge is 0.240 e. The normalized spacial score (nSPS) is 23.5. The number of rotatable bonds is 2. The fourth-order valence-corrected chi connectivity index (χ4v) is 4.05. The third-order valence-corrected chi connectivity index (χ3v) is 5.25. The number of halogens is 1. The van der Waals surface area contributed by atoms with Gasteiger partial charge in [0.2, 0.25) is 5.91 Å². The van der Waals surface area contributed by atoms with Crippen LogP contribution in [-0.4, -0.2) is 23.9 Å². The number of nitrogens with zero attached hydrogens (tertiary/aromatic N) is 3. The van der Waals surface area contributed by atoms with Crippen molar-refractivity contribution in [2.45, 2.75) is 32.1 Å². The van der Waals surface area contributed by atoms with Crippen LogP contribution in [0.5, 0.6) is 0 Å². The lowest BCUT2D eigenvalue weighted by Gasteiger charge is -2.43. The van der Waals surface area contributed by atoms with Crippen molar-refractivity contribution < 1.29 is 4.79 Å². The van der Waals surface area contributed by atoms with Gasteiger partial charge < -0.3 is 5.32 Å². The maximum absolute atomic E-state index is 11.6. The molecule has 5 nitrogen and oxygen atoms in total. The minimum atomic E-state index is -0.606. The van der Waals surface area contributed by atoms with Crippen LogP contribution in [0.25, 0.3) is 0 Å². The standard InChI is InChI=1S/C15H17ClN4OS/c1-22-14-11(9-18)15(5-3-2-4-6-15)10(8-17)13(20-14)19-12(21)7-16/h10H,2-7H2,1H3,(H,19,20,21). The number of alkyl halides is 1. The van der Waals surface area contributed by atoms with Crippen molar-refractivity contribution in [3.63, 3.8) is 0 Å². The third kappa shape index (κ3) is 2.86. The molecule has 1 N–H and O–H groups in total. The highest BCUT2D eigenvalue weighted by molar-refractivity contribution is 8.02. The largest absolute Gasteiger partial charge is 0.312 e. The van der Waals surface area contributed by atoms with Gasteiger partial charge in [-0.25, -0.2) is 4.99 Å². The zero-order chi connectivity index (χ0) is 16.2. The predicted octanol–water partition coefficient (Wildman–Crippen LogP) is 2.94. The average molecular weight is 337 g/mol. The first-order chi connectivity index (χ1) is 10.6. The maximum atomic E-state index is 11.6. The van der Waals surface area contributed by atoms with Gasteiger partial charge in [0, 0.05) is 5.41 Å². The Balaban J connectivity index is 2.54. The van der Waals surface area contributed by atoms with Gasteiger partial charge in [0.25, 0.3) is 0 Å². The molecule has 1 fully saturated rings. The predicted molar refractivity (Wildman–Crippen MR) is 87.1 cm³/mol. The molecule has 7 heteroatoms. The van der Waals surface area contributed by atoms with E-state index in [9.17, 15) is 15.3 Å². The number of thioether (sulfide) groups is 1. The van der Waals surface area contributed by atoms with E-state index in [1.54, 1.807) is 0 Å². The summed E-state index contributed by atoms with van der Waals surface area (Å²) in [5.41, 5.74) is 0.0617. The van der Waals surface area contributed by atoms with Crippen molar-refractivity contribution in [2.24, 2.45) is 16.3 Å². The Morgan fingerprint density at radius 1 is 1.45 bits per heavy atom. The second kappa shape index (κ2) is 7.17. The number of carbonyl (C=O) groups is 1. The van der Waals surface area contributed by atoms with E-state index in [4.69, 9.17) is 11.6 Å². The molecule has 0 aromatic carbocycles. The number of amides is 1. The van der Waals surface area contributed by atoms with Crippen LogP contribution >= 0.6 is 23.4 Å². The molecule has 1 heterocycles. The minimum Gasteiger partial charge on any atom is -0.312 e. The van der Waals surface area contributed by atoms with Crippen molar-refractivity contribution >= 4 is 35.1 Å². The van der Waals surface area contributed by atoms with Crippen molar-refractivity contribution in [3.8, 4) is 12.1 Å². The van der Waals surface area contributed by atoms with Crippen LogP contribution in [0.2, 0.25) is 0 Å². The highest BCUT2D eigenvalue weighted by Gasteiger charge is 2.49. The van der Waals surface area contributed by atoms with Crippen molar-refractivity contribution in [2.75, 3.05) is 12.1 Å². The monoisotopic (exact) mass is 336 g/mol. The van der Waals surface area contributed by atoms with Gasteiger partial charge in [-0.15, -0.1) is 23.4 Å². The summed E-state index contributed by atoms with van der Waals surface area (Å²) in [7, 11) is 0. The van der Waals surface area contributed by atoms with Crippen LogP contribution in [0, 0.1) is 34.0 Å². The molecular weight excluding hydrogens is 320 g/mol. The van der Waals surface area contributed by atoms with E-state index >= 15 is 0 Å². The first-order valence-electron chi connectivity index (χ1n) is 7.15. The Labute approximate surface area is 139 Å². The minimum absolute atomic E-state index is 0.187. The molecule has 1 unspecified atom stereocenters. The van der Waals surface area contributed by atoms with Crippen LogP contribution in [0.15, 0.2) is 15.6 Å². The van der Waals surface area contributed by atoms with Gasteiger partial charge in [0.05, 0.1) is 17.7 Å². The molecule has 0 radical (unpaired) electrons. The average Bonchev–Trinajstić information content (AvgIpc) is 2.55. The van der Waals surface area contributed by atoms with E-state index in [-0.39, 0.29) is 11.8 Å². The summed E-state index contributed by atoms with van der Waals surface area (Å²) in [5.74, 6) is -0.843. The second-order valence-corrected chi connectivity index (χ2v) is 6.52. The summed E-state index contributed by atoms with van der Waals surface area (Å²) < 4.78 is 0. The van der Waals surface area contributed by atoms with Gasteiger partial charge in [-0.3, -0.25) is 4.79 Å². The van der Waals surface area contributed by atoms with E-state index < -0.39 is 11.3 Å². The Morgan fingerprint density at radius 2 is 2.14 bits per heavy atom. The number of amidine groups is 1. The Hall–Kier alpha value is -1.50. The zero-order valence-corrected chi connectivity index (χ0v) is 13.9. The summed E-state index contributed by atoms with van der Waals surface area (Å²) in [5, 5.41) is 22.6. The van der Waals surface area contributed by atoms with Crippen molar-refractivity contribution in [1.29, 1.82) is 10.5 Å². The Kier molecular flexibility index (Phi) is 5.50. The topological polar surface area (TPSA) is 89.0 Å². The highest BCUT2D eigenvalue weighted by atomic mass is 35.5. The molecule has 0 aromatic rings. The number of carbonyl (C=O) groups excluding carboxylic acids is 1. The molecule has 1 aliphatic carbocycles. The quantitative estimate of drug-likeness (QED) is 0.785. The molecule has 1 spiro atoms. The number of nitrogens with one attached hydrogen (secondary N) is 1. The molecule has 2 aliphatic rings. The van der Waals surface area contributed by atoms with Crippen molar-refractivity contribution in [1.82, 2.24) is 5.32 Å². The zero-order valence-electron chi connectivity index (χ0n) is 12.4. The van der Waals surface area contributed by atoms with E-state index in [1.807, 2.05) is 6.26 Å². The van der Waals surface area contributed by atoms with Crippen LogP contribution in [0.4, 0.5) is 0 Å². The molecule has 1 amide bonds. The van der Waals surface area contributed by atoms with Gasteiger partial charge in [-0.1, -0.05) is 19.3 Å². The fraction of sp³-hybridized carbons (Fsp3) is 0.600. The molecule has 1 saturated carbocycles. The van der Waals surface area contributed by atoms with E-state index in [0.29, 0.717) is 16.4 Å². The Bertz CT molecular complexity index is 608. The number of hydrogen-bond acceptors (Lipinski definition) is 5. The molecule has 0 saturated heterocycles. The Morgan fingerprint density at radius 3 is 2.64 bits per heavy atom. The first kappa shape index (κ1) is 16.9. The number of nitriles is 2.